The van der Waals surface area contributed by atoms with E-state index in [2.05, 4.69) is 45.2 Å². The first kappa shape index (κ1) is 27.4. The highest BCUT2D eigenvalue weighted by Gasteiger charge is 2.26. The Balaban J connectivity index is 1.48. The van der Waals surface area contributed by atoms with E-state index in [1.54, 1.807) is 12.1 Å². The summed E-state index contributed by atoms with van der Waals surface area (Å²) in [5, 5.41) is 2.71. The van der Waals surface area contributed by atoms with Gasteiger partial charge in [-0.3, -0.25) is 9.69 Å². The fourth-order valence-corrected chi connectivity index (χ4v) is 5.90. The minimum Gasteiger partial charge on any atom is -0.494 e. The van der Waals surface area contributed by atoms with Crippen molar-refractivity contribution in [3.63, 3.8) is 0 Å². The van der Waals surface area contributed by atoms with E-state index in [9.17, 15) is 13.2 Å². The maximum atomic E-state index is 13.0. The van der Waals surface area contributed by atoms with Crippen LogP contribution >= 0.6 is 15.9 Å². The van der Waals surface area contributed by atoms with Crippen molar-refractivity contribution in [3.8, 4) is 5.75 Å². The van der Waals surface area contributed by atoms with Crippen molar-refractivity contribution in [2.45, 2.75) is 55.1 Å². The summed E-state index contributed by atoms with van der Waals surface area (Å²) >= 11 is 3.30. The summed E-state index contributed by atoms with van der Waals surface area (Å²) < 4.78 is 37.8. The van der Waals surface area contributed by atoms with Gasteiger partial charge in [-0.25, -0.2) is 8.42 Å². The van der Waals surface area contributed by atoms with Crippen LogP contribution in [0.15, 0.2) is 79.5 Å². The van der Waals surface area contributed by atoms with E-state index in [1.807, 2.05) is 12.1 Å². The number of amides is 1. The van der Waals surface area contributed by atoms with Gasteiger partial charge in [0, 0.05) is 11.0 Å². The first-order valence-electron chi connectivity index (χ1n) is 12.7. The van der Waals surface area contributed by atoms with Crippen molar-refractivity contribution in [2.24, 2.45) is 0 Å². The third kappa shape index (κ3) is 7.03. The molecule has 0 bridgehead atoms. The quantitative estimate of drug-likeness (QED) is 0.312. The largest absolute Gasteiger partial charge is 0.494 e. The third-order valence-electron chi connectivity index (χ3n) is 6.47. The first-order valence-corrected chi connectivity index (χ1v) is 15.0. The Morgan fingerprint density at radius 1 is 1.00 bits per heavy atom. The zero-order chi connectivity index (χ0) is 26.3. The number of benzene rings is 2. The molecule has 2 heterocycles. The number of rotatable bonds is 10. The van der Waals surface area contributed by atoms with Gasteiger partial charge in [-0.2, -0.15) is 0 Å². The van der Waals surface area contributed by atoms with Crippen LogP contribution in [0.5, 0.6) is 5.75 Å². The molecule has 198 valence electrons. The molecule has 1 aliphatic heterocycles. The number of hydrogen-bond acceptors (Lipinski definition) is 6. The highest BCUT2D eigenvalue weighted by atomic mass is 79.9. The minimum absolute atomic E-state index is 0.0109. The molecule has 1 amide bonds. The van der Waals surface area contributed by atoms with Crippen molar-refractivity contribution >= 4 is 31.7 Å². The second-order valence-electron chi connectivity index (χ2n) is 9.17. The van der Waals surface area contributed by atoms with Crippen LogP contribution in [0, 0.1) is 0 Å². The van der Waals surface area contributed by atoms with E-state index >= 15 is 0 Å². The molecule has 1 unspecified atom stereocenters. The Morgan fingerprint density at radius 3 is 2.32 bits per heavy atom. The number of sulfone groups is 1. The summed E-state index contributed by atoms with van der Waals surface area (Å²) in [6, 6.07) is 17.1. The highest BCUT2D eigenvalue weighted by molar-refractivity contribution is 9.10. The number of nitrogens with one attached hydrogen (secondary N) is 1. The van der Waals surface area contributed by atoms with Gasteiger partial charge in [0.25, 0.3) is 5.91 Å². The second kappa shape index (κ2) is 12.8. The Kier molecular flexibility index (Phi) is 9.45. The smallest absolute Gasteiger partial charge is 0.287 e. The molecule has 3 aromatic rings. The van der Waals surface area contributed by atoms with Crippen LogP contribution in [0.25, 0.3) is 0 Å². The van der Waals surface area contributed by atoms with Crippen LogP contribution in [-0.4, -0.2) is 45.5 Å². The molecular weight excluding hydrogens is 556 g/mol. The number of halogens is 1. The van der Waals surface area contributed by atoms with E-state index in [-0.39, 0.29) is 21.8 Å². The Hall–Kier alpha value is -2.62. The lowest BCUT2D eigenvalue weighted by molar-refractivity contribution is 0.0900. The van der Waals surface area contributed by atoms with Crippen molar-refractivity contribution in [1.29, 1.82) is 0 Å². The lowest BCUT2D eigenvalue weighted by Gasteiger charge is -2.31. The minimum atomic E-state index is -3.86. The van der Waals surface area contributed by atoms with E-state index in [1.165, 1.54) is 37.1 Å². The molecule has 1 fully saturated rings. The molecule has 2 aromatic carbocycles. The summed E-state index contributed by atoms with van der Waals surface area (Å²) in [6.07, 6.45) is 5.61. The van der Waals surface area contributed by atoms with Gasteiger partial charge in [-0.1, -0.05) is 47.8 Å². The van der Waals surface area contributed by atoms with Gasteiger partial charge < -0.3 is 14.5 Å². The van der Waals surface area contributed by atoms with Crippen LogP contribution < -0.4 is 10.1 Å². The molecule has 1 aromatic heterocycles. The van der Waals surface area contributed by atoms with Crippen LogP contribution in [0.3, 0.4) is 0 Å². The fraction of sp³-hybridized carbons (Fsp3) is 0.393. The van der Waals surface area contributed by atoms with Crippen molar-refractivity contribution < 1.29 is 22.4 Å². The van der Waals surface area contributed by atoms with Crippen molar-refractivity contribution in [1.82, 2.24) is 10.2 Å². The molecule has 7 nitrogen and oxygen atoms in total. The summed E-state index contributed by atoms with van der Waals surface area (Å²) in [6.45, 7) is 5.05. The molecule has 1 atom stereocenters. The number of hydrogen-bond donors (Lipinski definition) is 1. The maximum Gasteiger partial charge on any atom is 0.287 e. The van der Waals surface area contributed by atoms with Gasteiger partial charge in [0.05, 0.1) is 17.5 Å². The zero-order valence-corrected chi connectivity index (χ0v) is 23.4. The van der Waals surface area contributed by atoms with Crippen molar-refractivity contribution in [3.05, 3.63) is 76.5 Å². The monoisotopic (exact) mass is 588 g/mol. The van der Waals surface area contributed by atoms with Crippen LogP contribution in [0.1, 0.15) is 61.2 Å². The SMILES string of the molecule is CCCOc1ccc(C(CNC(=O)c2ccc(S(=O)(=O)c3ccc(Br)cc3)o2)N2CCCCCC2)cc1. The number of furan rings is 1. The van der Waals surface area contributed by atoms with Crippen molar-refractivity contribution in [2.75, 3.05) is 26.2 Å². The highest BCUT2D eigenvalue weighted by Crippen LogP contribution is 2.27. The average molecular weight is 590 g/mol. The summed E-state index contributed by atoms with van der Waals surface area (Å²) in [5.41, 5.74) is 1.10. The van der Waals surface area contributed by atoms with E-state index in [0.29, 0.717) is 13.2 Å². The van der Waals surface area contributed by atoms with Crippen LogP contribution in [0.4, 0.5) is 0 Å². The molecule has 0 spiro atoms. The van der Waals surface area contributed by atoms with Crippen LogP contribution in [0.2, 0.25) is 0 Å². The summed E-state index contributed by atoms with van der Waals surface area (Å²) in [4.78, 5) is 15.5. The van der Waals surface area contributed by atoms with Gasteiger partial charge >= 0.3 is 0 Å². The van der Waals surface area contributed by atoms with Gasteiger partial charge in [0.15, 0.2) is 5.76 Å². The van der Waals surface area contributed by atoms with Gasteiger partial charge in [0.1, 0.15) is 5.75 Å². The molecular formula is C28H33BrN2O5S. The molecule has 1 N–H and O–H groups in total. The normalized spacial score (nSPS) is 15.6. The predicted octanol–water partition coefficient (Wildman–Crippen LogP) is 6.01. The third-order valence-corrected chi connectivity index (χ3v) is 8.64. The second-order valence-corrected chi connectivity index (χ2v) is 12.0. The molecule has 1 saturated heterocycles. The topological polar surface area (TPSA) is 88.8 Å². The van der Waals surface area contributed by atoms with Gasteiger partial charge in [-0.05, 0) is 86.4 Å². The lowest BCUT2D eigenvalue weighted by atomic mass is 10.0. The Morgan fingerprint density at radius 2 is 1.68 bits per heavy atom. The molecule has 0 radical (unpaired) electrons. The molecule has 9 heteroatoms. The van der Waals surface area contributed by atoms with Crippen LogP contribution in [-0.2, 0) is 9.84 Å². The van der Waals surface area contributed by atoms with E-state index in [0.717, 1.165) is 48.1 Å². The fourth-order valence-electron chi connectivity index (χ4n) is 4.46. The number of nitrogens with zero attached hydrogens (tertiary/aromatic N) is 1. The first-order chi connectivity index (χ1) is 17.9. The number of ether oxygens (including phenoxy) is 1. The summed E-state index contributed by atoms with van der Waals surface area (Å²) in [7, 11) is -3.86. The average Bonchev–Trinajstić information content (AvgIpc) is 3.27. The zero-order valence-electron chi connectivity index (χ0n) is 21.0. The molecule has 0 saturated carbocycles. The number of likely N-dealkylation sites (tertiary alicyclic amines) is 1. The number of carbonyl (C=O) groups excluding carboxylic acids is 1. The molecule has 4 rings (SSSR count). The van der Waals surface area contributed by atoms with E-state index < -0.39 is 15.7 Å². The molecule has 1 aliphatic rings. The van der Waals surface area contributed by atoms with E-state index in [4.69, 9.17) is 9.15 Å². The van der Waals surface area contributed by atoms with Gasteiger partial charge in [-0.15, -0.1) is 0 Å². The molecule has 0 aliphatic carbocycles. The Bertz CT molecular complexity index is 1260. The lowest BCUT2D eigenvalue weighted by Crippen LogP contribution is -2.38. The van der Waals surface area contributed by atoms with Gasteiger partial charge in [0.2, 0.25) is 14.9 Å². The Labute approximate surface area is 227 Å². The standard InChI is InChI=1S/C28H33BrN2O5S/c1-2-19-35-23-11-7-21(8-12-23)25(31-17-5-3-4-6-18-31)20-30-28(32)26-15-16-27(36-26)37(33,34)24-13-9-22(29)10-14-24/h7-16,25H,2-6,17-20H2,1H3,(H,30,32). The molecule has 37 heavy (non-hydrogen) atoms. The maximum absolute atomic E-state index is 13.0. The summed E-state index contributed by atoms with van der Waals surface area (Å²) in [5.74, 6) is 0.355. The predicted molar refractivity (Wildman–Crippen MR) is 146 cm³/mol. The number of carbonyl (C=O) groups is 1.